The highest BCUT2D eigenvalue weighted by Crippen LogP contribution is 2.02. The summed E-state index contributed by atoms with van der Waals surface area (Å²) < 4.78 is 15.4. The quantitative estimate of drug-likeness (QED) is 0.618. The maximum Gasteiger partial charge on any atom is 0.125 e. The van der Waals surface area contributed by atoms with Crippen LogP contribution in [0.1, 0.15) is 11.1 Å². The number of rotatable bonds is 8. The summed E-state index contributed by atoms with van der Waals surface area (Å²) in [5.41, 5.74) is 2.14. The molecule has 2 aromatic rings. The molecule has 23 heavy (non-hydrogen) atoms. The summed E-state index contributed by atoms with van der Waals surface area (Å²) in [6, 6.07) is 19.8. The van der Waals surface area contributed by atoms with Gasteiger partial charge in [0.25, 0.3) is 0 Å². The van der Waals surface area contributed by atoms with Gasteiger partial charge in [-0.25, -0.2) is 0 Å². The van der Waals surface area contributed by atoms with Crippen LogP contribution in [0.3, 0.4) is 0 Å². The lowest BCUT2D eigenvalue weighted by Crippen LogP contribution is -1.73. The molecule has 0 atom stereocenters. The normalized spacial score (nSPS) is 11.7. The molecule has 0 spiro atoms. The van der Waals surface area contributed by atoms with E-state index in [-0.39, 0.29) is 0 Å². The van der Waals surface area contributed by atoms with Crippen molar-refractivity contribution in [2.75, 3.05) is 0 Å². The number of hydrogen-bond acceptors (Lipinski definition) is 3. The van der Waals surface area contributed by atoms with Crippen LogP contribution in [0.15, 0.2) is 98.2 Å². The maximum atomic E-state index is 5.15. The van der Waals surface area contributed by atoms with E-state index >= 15 is 0 Å². The Morgan fingerprint density at radius 1 is 0.435 bits per heavy atom. The fourth-order valence-electron chi connectivity index (χ4n) is 1.63. The summed E-state index contributed by atoms with van der Waals surface area (Å²) >= 11 is 0. The van der Waals surface area contributed by atoms with Crippen molar-refractivity contribution in [1.82, 2.24) is 0 Å². The van der Waals surface area contributed by atoms with Crippen LogP contribution in [0.2, 0.25) is 0 Å². The van der Waals surface area contributed by atoms with Gasteiger partial charge >= 0.3 is 0 Å². The van der Waals surface area contributed by atoms with Gasteiger partial charge in [-0.05, 0) is 23.3 Å². The van der Waals surface area contributed by atoms with Gasteiger partial charge in [-0.1, -0.05) is 60.7 Å². The van der Waals surface area contributed by atoms with Crippen molar-refractivity contribution in [2.45, 2.75) is 0 Å². The number of hydrogen-bond donors (Lipinski definition) is 0. The van der Waals surface area contributed by atoms with Gasteiger partial charge in [0.2, 0.25) is 0 Å². The van der Waals surface area contributed by atoms with Crippen LogP contribution in [-0.4, -0.2) is 0 Å². The van der Waals surface area contributed by atoms with Gasteiger partial charge in [-0.3, -0.25) is 0 Å². The van der Waals surface area contributed by atoms with E-state index < -0.39 is 0 Å². The Bertz CT molecular complexity index is 596. The summed E-state index contributed by atoms with van der Waals surface area (Å²) in [7, 11) is 0. The smallest absolute Gasteiger partial charge is 0.125 e. The van der Waals surface area contributed by atoms with Gasteiger partial charge in [0.05, 0.1) is 12.5 Å². The molecule has 0 N–H and O–H groups in total. The predicted octanol–water partition coefficient (Wildman–Crippen LogP) is 5.32. The van der Waals surface area contributed by atoms with Crippen molar-refractivity contribution in [2.24, 2.45) is 0 Å². The van der Waals surface area contributed by atoms with Gasteiger partial charge in [0.1, 0.15) is 25.0 Å². The Morgan fingerprint density at radius 3 is 1.17 bits per heavy atom. The van der Waals surface area contributed by atoms with E-state index in [1.54, 1.807) is 12.5 Å². The molecule has 0 fully saturated rings. The molecule has 0 aliphatic carbocycles. The molecule has 0 unspecified atom stereocenters. The summed E-state index contributed by atoms with van der Waals surface area (Å²) in [5.74, 6) is 0. The van der Waals surface area contributed by atoms with E-state index in [0.29, 0.717) is 0 Å². The molecular weight excluding hydrogens is 288 g/mol. The predicted molar refractivity (Wildman–Crippen MR) is 92.5 cm³/mol. The summed E-state index contributed by atoms with van der Waals surface area (Å²) in [6.07, 6.45) is 12.6. The topological polar surface area (TPSA) is 27.7 Å². The largest absolute Gasteiger partial charge is 0.469 e. The highest BCUT2D eigenvalue weighted by atomic mass is 16.5. The first kappa shape index (κ1) is 16.2. The zero-order chi connectivity index (χ0) is 16.0. The van der Waals surface area contributed by atoms with E-state index in [9.17, 15) is 0 Å². The first-order chi connectivity index (χ1) is 11.4. The minimum Gasteiger partial charge on any atom is -0.469 e. The molecule has 2 rings (SSSR count). The molecular formula is C20H18O3. The third-order valence-corrected chi connectivity index (χ3v) is 2.70. The van der Waals surface area contributed by atoms with Crippen molar-refractivity contribution in [1.29, 1.82) is 0 Å². The van der Waals surface area contributed by atoms with Crippen LogP contribution in [-0.2, 0) is 14.2 Å². The van der Waals surface area contributed by atoms with Crippen molar-refractivity contribution >= 4 is 12.2 Å². The van der Waals surface area contributed by atoms with Crippen LogP contribution in [0.5, 0.6) is 0 Å². The van der Waals surface area contributed by atoms with Crippen molar-refractivity contribution in [3.05, 3.63) is 109 Å². The monoisotopic (exact) mass is 306 g/mol. The fourth-order valence-corrected chi connectivity index (χ4v) is 1.63. The lowest BCUT2D eigenvalue weighted by Gasteiger charge is -1.93. The van der Waals surface area contributed by atoms with E-state index in [0.717, 1.165) is 11.1 Å². The van der Waals surface area contributed by atoms with E-state index in [1.165, 1.54) is 25.0 Å². The Balaban J connectivity index is 1.57. The van der Waals surface area contributed by atoms with Crippen molar-refractivity contribution in [3.63, 3.8) is 0 Å². The fraction of sp³-hybridized carbons (Fsp3) is 0. The molecule has 116 valence electrons. The van der Waals surface area contributed by atoms with Crippen LogP contribution in [0.25, 0.3) is 12.2 Å². The Morgan fingerprint density at radius 2 is 0.783 bits per heavy atom. The molecule has 0 aromatic heterocycles. The Labute approximate surface area is 136 Å². The standard InChI is InChI=1S/C20H18O3/c1-3-7-19(8-4-1)11-13-21-15-17-23-18-16-22-14-12-20-9-5-2-6-10-20/h1-18H. The second-order valence-electron chi connectivity index (χ2n) is 4.38. The lowest BCUT2D eigenvalue weighted by atomic mass is 10.2. The zero-order valence-electron chi connectivity index (χ0n) is 12.6. The second kappa shape index (κ2) is 10.5. The van der Waals surface area contributed by atoms with Crippen LogP contribution in [0.4, 0.5) is 0 Å². The molecule has 0 aliphatic rings. The second-order valence-corrected chi connectivity index (χ2v) is 4.38. The maximum absolute atomic E-state index is 5.15. The SMILES string of the molecule is C(=COC=Cc1ccccc1)OC=COC=Cc1ccccc1. The first-order valence-corrected chi connectivity index (χ1v) is 7.15. The van der Waals surface area contributed by atoms with Gasteiger partial charge in [-0.2, -0.15) is 0 Å². The molecule has 0 amide bonds. The minimum atomic E-state index is 1.07. The Hall–Kier alpha value is -3.20. The van der Waals surface area contributed by atoms with E-state index in [4.69, 9.17) is 14.2 Å². The zero-order valence-corrected chi connectivity index (χ0v) is 12.6. The minimum absolute atomic E-state index is 1.07. The van der Waals surface area contributed by atoms with Crippen molar-refractivity contribution in [3.8, 4) is 0 Å². The first-order valence-electron chi connectivity index (χ1n) is 7.15. The molecule has 0 heterocycles. The third kappa shape index (κ3) is 7.39. The van der Waals surface area contributed by atoms with Crippen LogP contribution in [0, 0.1) is 0 Å². The molecule has 3 nitrogen and oxygen atoms in total. The molecule has 0 saturated heterocycles. The average Bonchev–Trinajstić information content (AvgIpc) is 2.61. The summed E-state index contributed by atoms with van der Waals surface area (Å²) in [4.78, 5) is 0. The van der Waals surface area contributed by atoms with Crippen LogP contribution >= 0.6 is 0 Å². The van der Waals surface area contributed by atoms with E-state index in [1.807, 2.05) is 72.8 Å². The van der Waals surface area contributed by atoms with Crippen molar-refractivity contribution < 1.29 is 14.2 Å². The molecule has 2 aromatic carbocycles. The summed E-state index contributed by atoms with van der Waals surface area (Å²) in [6.45, 7) is 0. The van der Waals surface area contributed by atoms with Gasteiger partial charge in [0.15, 0.2) is 0 Å². The molecule has 0 aliphatic heterocycles. The van der Waals surface area contributed by atoms with Gasteiger partial charge in [0, 0.05) is 0 Å². The number of benzene rings is 2. The molecule has 0 radical (unpaired) electrons. The van der Waals surface area contributed by atoms with E-state index in [2.05, 4.69) is 0 Å². The highest BCUT2D eigenvalue weighted by molar-refractivity contribution is 5.48. The molecule has 0 bridgehead atoms. The highest BCUT2D eigenvalue weighted by Gasteiger charge is 1.82. The molecule has 0 saturated carbocycles. The average molecular weight is 306 g/mol. The van der Waals surface area contributed by atoms with Crippen LogP contribution < -0.4 is 0 Å². The van der Waals surface area contributed by atoms with Gasteiger partial charge < -0.3 is 14.2 Å². The molecule has 3 heteroatoms. The number of ether oxygens (including phenoxy) is 3. The lowest BCUT2D eigenvalue weighted by molar-refractivity contribution is 0.324. The van der Waals surface area contributed by atoms with Gasteiger partial charge in [-0.15, -0.1) is 0 Å². The summed E-state index contributed by atoms with van der Waals surface area (Å²) in [5, 5.41) is 0. The Kier molecular flexibility index (Phi) is 7.40. The third-order valence-electron chi connectivity index (χ3n) is 2.70.